The number of rotatable bonds is 5. The monoisotopic (exact) mass is 190 g/mol. The number of carbonyl (C=O) groups is 1. The van der Waals surface area contributed by atoms with Crippen molar-refractivity contribution in [3.05, 3.63) is 11.6 Å². The molecule has 12 heavy (non-hydrogen) atoms. The molecule has 0 aromatic rings. The third-order valence-corrected chi connectivity index (χ3v) is 1.79. The first-order valence-corrected chi connectivity index (χ1v) is 4.49. The van der Waals surface area contributed by atoms with Crippen molar-refractivity contribution in [2.45, 2.75) is 26.7 Å². The molecule has 0 spiro atoms. The molecule has 0 aromatic heterocycles. The normalized spacial score (nSPS) is 14.0. The van der Waals surface area contributed by atoms with E-state index in [4.69, 9.17) is 16.7 Å². The van der Waals surface area contributed by atoms with Crippen LogP contribution in [0.25, 0.3) is 0 Å². The van der Waals surface area contributed by atoms with E-state index >= 15 is 0 Å². The van der Waals surface area contributed by atoms with E-state index in [0.29, 0.717) is 18.8 Å². The first kappa shape index (κ1) is 11.5. The lowest BCUT2D eigenvalue weighted by atomic mass is 9.94. The van der Waals surface area contributed by atoms with E-state index in [0.717, 1.165) is 0 Å². The van der Waals surface area contributed by atoms with Gasteiger partial charge in [-0.05, 0) is 18.8 Å². The fraction of sp³-hybridized carbons (Fsp3) is 0.667. The van der Waals surface area contributed by atoms with Gasteiger partial charge in [0.2, 0.25) is 0 Å². The van der Waals surface area contributed by atoms with Crippen molar-refractivity contribution in [2.24, 2.45) is 11.8 Å². The predicted molar refractivity (Wildman–Crippen MR) is 50.2 cm³/mol. The van der Waals surface area contributed by atoms with E-state index < -0.39 is 5.97 Å². The smallest absolute Gasteiger partial charge is 0.306 e. The van der Waals surface area contributed by atoms with Crippen LogP contribution in [0.3, 0.4) is 0 Å². The Morgan fingerprint density at radius 3 is 2.50 bits per heavy atom. The van der Waals surface area contributed by atoms with Gasteiger partial charge in [-0.15, -0.1) is 0 Å². The van der Waals surface area contributed by atoms with Crippen molar-refractivity contribution in [1.29, 1.82) is 0 Å². The van der Waals surface area contributed by atoms with Crippen molar-refractivity contribution in [1.82, 2.24) is 0 Å². The molecule has 2 nitrogen and oxygen atoms in total. The minimum atomic E-state index is -0.738. The molecule has 0 radical (unpaired) electrons. The highest BCUT2D eigenvalue weighted by Crippen LogP contribution is 2.16. The Morgan fingerprint density at radius 1 is 1.58 bits per heavy atom. The Balaban J connectivity index is 3.95. The number of halogens is 1. The van der Waals surface area contributed by atoms with Crippen LogP contribution in [0.2, 0.25) is 0 Å². The Labute approximate surface area is 78.2 Å². The molecule has 1 N–H and O–H groups in total. The lowest BCUT2D eigenvalue weighted by Gasteiger charge is -2.11. The summed E-state index contributed by atoms with van der Waals surface area (Å²) in [5, 5.41) is 8.77. The molecule has 0 saturated heterocycles. The number of carboxylic acids is 1. The lowest BCUT2D eigenvalue weighted by Crippen LogP contribution is -2.15. The molecular weight excluding hydrogens is 176 g/mol. The predicted octanol–water partition coefficient (Wildman–Crippen LogP) is 2.88. The van der Waals surface area contributed by atoms with E-state index in [1.165, 1.54) is 5.54 Å². The number of hydrogen-bond acceptors (Lipinski definition) is 1. The van der Waals surface area contributed by atoms with Gasteiger partial charge in [-0.2, -0.15) is 0 Å². The third-order valence-electron chi connectivity index (χ3n) is 1.61. The van der Waals surface area contributed by atoms with Gasteiger partial charge < -0.3 is 5.11 Å². The van der Waals surface area contributed by atoms with Gasteiger partial charge in [0.05, 0.1) is 5.92 Å². The SMILES string of the molecule is CC(C)CC(C/C=C/Cl)C(=O)O. The Morgan fingerprint density at radius 2 is 2.17 bits per heavy atom. The minimum Gasteiger partial charge on any atom is -0.481 e. The highest BCUT2D eigenvalue weighted by molar-refractivity contribution is 6.25. The van der Waals surface area contributed by atoms with Crippen molar-refractivity contribution >= 4 is 17.6 Å². The molecule has 0 saturated carbocycles. The maximum atomic E-state index is 10.7. The fourth-order valence-corrected chi connectivity index (χ4v) is 1.19. The molecule has 0 bridgehead atoms. The van der Waals surface area contributed by atoms with Crippen LogP contribution in [-0.4, -0.2) is 11.1 Å². The van der Waals surface area contributed by atoms with Crippen LogP contribution >= 0.6 is 11.6 Å². The molecule has 0 aliphatic heterocycles. The molecule has 0 amide bonds. The quantitative estimate of drug-likeness (QED) is 0.724. The molecule has 0 aliphatic rings. The first-order valence-electron chi connectivity index (χ1n) is 4.06. The Kier molecular flexibility index (Phi) is 5.81. The van der Waals surface area contributed by atoms with Crippen LogP contribution in [0, 0.1) is 11.8 Å². The summed E-state index contributed by atoms with van der Waals surface area (Å²) in [6.45, 7) is 4.03. The van der Waals surface area contributed by atoms with Gasteiger partial charge in [0.1, 0.15) is 0 Å². The Bertz CT molecular complexity index is 164. The van der Waals surface area contributed by atoms with Gasteiger partial charge in [0.25, 0.3) is 0 Å². The molecular formula is C9H15ClO2. The summed E-state index contributed by atoms with van der Waals surface area (Å²) in [6.07, 6.45) is 2.91. The highest BCUT2D eigenvalue weighted by Gasteiger charge is 2.16. The van der Waals surface area contributed by atoms with Gasteiger partial charge in [0, 0.05) is 5.54 Å². The van der Waals surface area contributed by atoms with Gasteiger partial charge in [-0.1, -0.05) is 31.5 Å². The summed E-state index contributed by atoms with van der Waals surface area (Å²) in [6, 6.07) is 0. The fourth-order valence-electron chi connectivity index (χ4n) is 1.08. The molecule has 1 unspecified atom stereocenters. The average Bonchev–Trinajstić information content (AvgIpc) is 1.96. The topological polar surface area (TPSA) is 37.3 Å². The first-order chi connectivity index (χ1) is 5.57. The molecule has 0 fully saturated rings. The van der Waals surface area contributed by atoms with Gasteiger partial charge in [-0.3, -0.25) is 4.79 Å². The minimum absolute atomic E-state index is 0.292. The number of carboxylic acid groups (broad SMARTS) is 1. The maximum absolute atomic E-state index is 10.7. The van der Waals surface area contributed by atoms with Crippen molar-refractivity contribution in [3.63, 3.8) is 0 Å². The van der Waals surface area contributed by atoms with Gasteiger partial charge >= 0.3 is 5.97 Å². The summed E-state index contributed by atoms with van der Waals surface area (Å²) < 4.78 is 0. The van der Waals surface area contributed by atoms with Crippen LogP contribution in [-0.2, 0) is 4.79 Å². The van der Waals surface area contributed by atoms with E-state index in [9.17, 15) is 4.79 Å². The van der Waals surface area contributed by atoms with E-state index in [2.05, 4.69) is 0 Å². The van der Waals surface area contributed by atoms with Crippen LogP contribution in [0.4, 0.5) is 0 Å². The van der Waals surface area contributed by atoms with E-state index in [1.54, 1.807) is 6.08 Å². The molecule has 1 atom stereocenters. The number of hydrogen-bond donors (Lipinski definition) is 1. The van der Waals surface area contributed by atoms with Gasteiger partial charge in [-0.25, -0.2) is 0 Å². The van der Waals surface area contributed by atoms with Crippen LogP contribution < -0.4 is 0 Å². The van der Waals surface area contributed by atoms with Crippen LogP contribution in [0.1, 0.15) is 26.7 Å². The molecule has 0 heterocycles. The maximum Gasteiger partial charge on any atom is 0.306 e. The number of aliphatic carboxylic acids is 1. The third kappa shape index (κ3) is 5.19. The molecule has 3 heteroatoms. The second kappa shape index (κ2) is 6.06. The summed E-state index contributed by atoms with van der Waals surface area (Å²) in [5.74, 6) is -0.617. The van der Waals surface area contributed by atoms with Crippen molar-refractivity contribution < 1.29 is 9.90 Å². The molecule has 0 rings (SSSR count). The number of allylic oxidation sites excluding steroid dienone is 1. The molecule has 70 valence electrons. The van der Waals surface area contributed by atoms with Crippen molar-refractivity contribution in [3.8, 4) is 0 Å². The molecule has 0 aromatic carbocycles. The van der Waals surface area contributed by atoms with Crippen molar-refractivity contribution in [2.75, 3.05) is 0 Å². The highest BCUT2D eigenvalue weighted by atomic mass is 35.5. The largest absolute Gasteiger partial charge is 0.481 e. The van der Waals surface area contributed by atoms with E-state index in [1.807, 2.05) is 13.8 Å². The Hall–Kier alpha value is -0.500. The standard InChI is InChI=1S/C9H15ClO2/c1-7(2)6-8(9(11)12)4-3-5-10/h3,5,7-8H,4,6H2,1-2H3,(H,11,12)/b5-3+. The average molecular weight is 191 g/mol. The van der Waals surface area contributed by atoms with Crippen LogP contribution in [0.15, 0.2) is 11.6 Å². The molecule has 0 aliphatic carbocycles. The lowest BCUT2D eigenvalue weighted by molar-refractivity contribution is -0.142. The van der Waals surface area contributed by atoms with E-state index in [-0.39, 0.29) is 5.92 Å². The summed E-state index contributed by atoms with van der Waals surface area (Å²) in [7, 11) is 0. The zero-order valence-corrected chi connectivity index (χ0v) is 8.21. The summed E-state index contributed by atoms with van der Waals surface area (Å²) in [5.41, 5.74) is 1.37. The van der Waals surface area contributed by atoms with Gasteiger partial charge in [0.15, 0.2) is 0 Å². The summed E-state index contributed by atoms with van der Waals surface area (Å²) in [4.78, 5) is 10.7. The summed E-state index contributed by atoms with van der Waals surface area (Å²) >= 11 is 5.31. The van der Waals surface area contributed by atoms with Crippen LogP contribution in [0.5, 0.6) is 0 Å². The zero-order valence-electron chi connectivity index (χ0n) is 7.46. The zero-order chi connectivity index (χ0) is 9.56. The second-order valence-corrected chi connectivity index (χ2v) is 3.51. The second-order valence-electron chi connectivity index (χ2n) is 3.26.